The van der Waals surface area contributed by atoms with Crippen molar-refractivity contribution in [2.75, 3.05) is 7.11 Å². The number of hydrogen-bond acceptors (Lipinski definition) is 3. The summed E-state index contributed by atoms with van der Waals surface area (Å²) >= 11 is 0. The zero-order chi connectivity index (χ0) is 22.5. The second-order valence-electron chi connectivity index (χ2n) is 7.54. The Balaban J connectivity index is 1.51. The molecule has 1 atom stereocenters. The Morgan fingerprint density at radius 3 is 2.47 bits per heavy atom. The van der Waals surface area contributed by atoms with Crippen LogP contribution in [0.3, 0.4) is 0 Å². The van der Waals surface area contributed by atoms with Crippen LogP contribution in [0, 0.1) is 5.82 Å². The van der Waals surface area contributed by atoms with Crippen molar-refractivity contribution in [1.29, 1.82) is 0 Å². The standard InChI is InChI=1S/C27H24FNO3/c1-18(19-10-13-23(28)14-11-19)29-27(30)21-12-15-25(31-2)22(16-21)17-32-26-9-5-7-20-6-3-4-8-24(20)26/h3-16,18H,17H2,1-2H3,(H,29,30)/t18-/m1/s1. The predicted octanol–water partition coefficient (Wildman–Crippen LogP) is 6.06. The maximum absolute atomic E-state index is 13.2. The Labute approximate surface area is 186 Å². The van der Waals surface area contributed by atoms with Crippen LogP contribution in [0.1, 0.15) is 34.5 Å². The molecule has 0 aliphatic rings. The molecule has 1 amide bonds. The molecule has 0 fully saturated rings. The van der Waals surface area contributed by atoms with Crippen molar-refractivity contribution in [2.24, 2.45) is 0 Å². The minimum absolute atomic E-state index is 0.226. The largest absolute Gasteiger partial charge is 0.496 e. The summed E-state index contributed by atoms with van der Waals surface area (Å²) in [5.41, 5.74) is 2.09. The summed E-state index contributed by atoms with van der Waals surface area (Å²) in [5, 5.41) is 5.07. The summed E-state index contributed by atoms with van der Waals surface area (Å²) in [5.74, 6) is 0.882. The van der Waals surface area contributed by atoms with Gasteiger partial charge in [-0.15, -0.1) is 0 Å². The molecule has 0 unspecified atom stereocenters. The Hall–Kier alpha value is -3.86. The minimum atomic E-state index is -0.307. The molecule has 32 heavy (non-hydrogen) atoms. The zero-order valence-corrected chi connectivity index (χ0v) is 18.0. The van der Waals surface area contributed by atoms with Crippen LogP contribution >= 0.6 is 0 Å². The summed E-state index contributed by atoms with van der Waals surface area (Å²) in [6, 6.07) is 25.0. The molecule has 162 valence electrons. The summed E-state index contributed by atoms with van der Waals surface area (Å²) in [6.07, 6.45) is 0. The molecular weight excluding hydrogens is 405 g/mol. The highest BCUT2D eigenvalue weighted by molar-refractivity contribution is 5.95. The van der Waals surface area contributed by atoms with Crippen molar-refractivity contribution in [2.45, 2.75) is 19.6 Å². The molecule has 0 saturated heterocycles. The maximum Gasteiger partial charge on any atom is 0.251 e. The van der Waals surface area contributed by atoms with E-state index in [-0.39, 0.29) is 24.4 Å². The third-order valence-electron chi connectivity index (χ3n) is 5.39. The Kier molecular flexibility index (Phi) is 6.36. The van der Waals surface area contributed by atoms with E-state index in [1.165, 1.54) is 12.1 Å². The number of carbonyl (C=O) groups is 1. The molecule has 0 spiro atoms. The Morgan fingerprint density at radius 1 is 0.938 bits per heavy atom. The fraction of sp³-hybridized carbons (Fsp3) is 0.148. The van der Waals surface area contributed by atoms with E-state index in [4.69, 9.17) is 9.47 Å². The molecule has 0 aromatic heterocycles. The topological polar surface area (TPSA) is 47.6 Å². The third-order valence-corrected chi connectivity index (χ3v) is 5.39. The third kappa shape index (κ3) is 4.72. The summed E-state index contributed by atoms with van der Waals surface area (Å²) in [7, 11) is 1.59. The number of amides is 1. The van der Waals surface area contributed by atoms with Gasteiger partial charge < -0.3 is 14.8 Å². The molecule has 0 aliphatic carbocycles. The number of nitrogens with one attached hydrogen (secondary N) is 1. The lowest BCUT2D eigenvalue weighted by Gasteiger charge is -2.16. The molecular formula is C27H24FNO3. The van der Waals surface area contributed by atoms with Crippen molar-refractivity contribution in [3.05, 3.63) is 107 Å². The average molecular weight is 429 g/mol. The van der Waals surface area contributed by atoms with E-state index in [2.05, 4.69) is 5.32 Å². The van der Waals surface area contributed by atoms with Gasteiger partial charge in [0.1, 0.15) is 23.9 Å². The minimum Gasteiger partial charge on any atom is -0.496 e. The number of halogens is 1. The van der Waals surface area contributed by atoms with E-state index < -0.39 is 0 Å². The van der Waals surface area contributed by atoms with E-state index in [1.807, 2.05) is 49.4 Å². The summed E-state index contributed by atoms with van der Waals surface area (Å²) in [6.45, 7) is 2.12. The molecule has 4 aromatic rings. The first-order valence-electron chi connectivity index (χ1n) is 10.4. The lowest BCUT2D eigenvalue weighted by atomic mass is 10.1. The second kappa shape index (κ2) is 9.52. The molecule has 5 heteroatoms. The van der Waals surface area contributed by atoms with E-state index in [1.54, 1.807) is 37.4 Å². The van der Waals surface area contributed by atoms with E-state index in [9.17, 15) is 9.18 Å². The Bertz CT molecular complexity index is 1230. The quantitative estimate of drug-likeness (QED) is 0.389. The van der Waals surface area contributed by atoms with Gasteiger partial charge in [0.25, 0.3) is 5.91 Å². The number of benzene rings is 4. The molecule has 4 nitrogen and oxygen atoms in total. The molecule has 4 aromatic carbocycles. The number of fused-ring (bicyclic) bond motifs is 1. The van der Waals surface area contributed by atoms with Crippen molar-refractivity contribution >= 4 is 16.7 Å². The van der Waals surface area contributed by atoms with Crippen LogP contribution in [0.25, 0.3) is 10.8 Å². The predicted molar refractivity (Wildman–Crippen MR) is 124 cm³/mol. The highest BCUT2D eigenvalue weighted by Crippen LogP contribution is 2.28. The summed E-state index contributed by atoms with van der Waals surface area (Å²) in [4.78, 5) is 12.8. The lowest BCUT2D eigenvalue weighted by molar-refractivity contribution is 0.0939. The highest BCUT2D eigenvalue weighted by atomic mass is 19.1. The second-order valence-corrected chi connectivity index (χ2v) is 7.54. The van der Waals surface area contributed by atoms with Crippen LogP contribution in [0.15, 0.2) is 84.9 Å². The van der Waals surface area contributed by atoms with Crippen LogP contribution in [0.5, 0.6) is 11.5 Å². The molecule has 1 N–H and O–H groups in total. The van der Waals surface area contributed by atoms with E-state index in [0.717, 1.165) is 27.6 Å². The van der Waals surface area contributed by atoms with Crippen molar-refractivity contribution in [1.82, 2.24) is 5.32 Å². The molecule has 0 bridgehead atoms. The first kappa shape index (κ1) is 21.4. The highest BCUT2D eigenvalue weighted by Gasteiger charge is 2.15. The van der Waals surface area contributed by atoms with Crippen LogP contribution in [-0.2, 0) is 6.61 Å². The summed E-state index contributed by atoms with van der Waals surface area (Å²) < 4.78 is 24.7. The van der Waals surface area contributed by atoms with Gasteiger partial charge in [-0.1, -0.05) is 48.5 Å². The molecule has 0 saturated carbocycles. The first-order valence-corrected chi connectivity index (χ1v) is 10.4. The van der Waals surface area contributed by atoms with Crippen molar-refractivity contribution in [3.63, 3.8) is 0 Å². The van der Waals surface area contributed by atoms with Gasteiger partial charge >= 0.3 is 0 Å². The fourth-order valence-corrected chi connectivity index (χ4v) is 3.62. The van der Waals surface area contributed by atoms with Crippen molar-refractivity contribution in [3.8, 4) is 11.5 Å². The number of ether oxygens (including phenoxy) is 2. The van der Waals surface area contributed by atoms with Crippen molar-refractivity contribution < 1.29 is 18.7 Å². The Morgan fingerprint density at radius 2 is 1.69 bits per heavy atom. The van der Waals surface area contributed by atoms with Gasteiger partial charge in [-0.25, -0.2) is 4.39 Å². The van der Waals surface area contributed by atoms with E-state index >= 15 is 0 Å². The van der Waals surface area contributed by atoms with Gasteiger partial charge in [0, 0.05) is 16.5 Å². The lowest BCUT2D eigenvalue weighted by Crippen LogP contribution is -2.26. The van der Waals surface area contributed by atoms with Gasteiger partial charge in [-0.3, -0.25) is 4.79 Å². The number of methoxy groups -OCH3 is 1. The number of rotatable bonds is 7. The van der Waals surface area contributed by atoms with Gasteiger partial charge in [0.2, 0.25) is 0 Å². The smallest absolute Gasteiger partial charge is 0.251 e. The number of hydrogen-bond donors (Lipinski definition) is 1. The zero-order valence-electron chi connectivity index (χ0n) is 18.0. The fourth-order valence-electron chi connectivity index (χ4n) is 3.62. The van der Waals surface area contributed by atoms with Gasteiger partial charge in [0.15, 0.2) is 0 Å². The molecule has 0 heterocycles. The normalized spacial score (nSPS) is 11.7. The molecule has 0 radical (unpaired) electrons. The van der Waals surface area contributed by atoms with Gasteiger partial charge in [-0.05, 0) is 54.3 Å². The maximum atomic E-state index is 13.2. The average Bonchev–Trinajstić information content (AvgIpc) is 2.82. The van der Waals surface area contributed by atoms with Gasteiger partial charge in [0.05, 0.1) is 13.2 Å². The van der Waals surface area contributed by atoms with Gasteiger partial charge in [-0.2, -0.15) is 0 Å². The molecule has 4 rings (SSSR count). The van der Waals surface area contributed by atoms with Crippen LogP contribution in [-0.4, -0.2) is 13.0 Å². The van der Waals surface area contributed by atoms with Crippen LogP contribution in [0.4, 0.5) is 4.39 Å². The van der Waals surface area contributed by atoms with Crippen LogP contribution < -0.4 is 14.8 Å². The SMILES string of the molecule is COc1ccc(C(=O)N[C@H](C)c2ccc(F)cc2)cc1COc1cccc2ccccc12. The molecule has 0 aliphatic heterocycles. The monoisotopic (exact) mass is 429 g/mol. The number of carbonyl (C=O) groups excluding carboxylic acids is 1. The van der Waals surface area contributed by atoms with E-state index in [0.29, 0.717) is 11.3 Å². The van der Waals surface area contributed by atoms with Crippen LogP contribution in [0.2, 0.25) is 0 Å². The first-order chi connectivity index (χ1) is 15.5.